The molecule has 22 heavy (non-hydrogen) atoms. The van der Waals surface area contributed by atoms with Crippen LogP contribution < -0.4 is 10.1 Å². The summed E-state index contributed by atoms with van der Waals surface area (Å²) in [5.41, 5.74) is 1.12. The molecule has 0 amide bonds. The lowest BCUT2D eigenvalue weighted by molar-refractivity contribution is -0.149. The van der Waals surface area contributed by atoms with Crippen molar-refractivity contribution in [3.8, 4) is 5.75 Å². The second-order valence-electron chi connectivity index (χ2n) is 6.58. The molecule has 2 fully saturated rings. The average Bonchev–Trinajstić information content (AvgIpc) is 2.53. The predicted molar refractivity (Wildman–Crippen MR) is 86.4 cm³/mol. The third kappa shape index (κ3) is 3.54. The molecule has 0 atom stereocenters. The van der Waals surface area contributed by atoms with Crippen molar-refractivity contribution in [3.05, 3.63) is 24.3 Å². The summed E-state index contributed by atoms with van der Waals surface area (Å²) in [6, 6.07) is 8.60. The Morgan fingerprint density at radius 2 is 2.14 bits per heavy atom. The normalized spacial score (nSPS) is 22.1. The summed E-state index contributed by atoms with van der Waals surface area (Å²) in [6.45, 7) is 4.73. The lowest BCUT2D eigenvalue weighted by atomic mass is 9.85. The van der Waals surface area contributed by atoms with E-state index in [9.17, 15) is 5.11 Å². The number of hydrogen-bond acceptors (Lipinski definition) is 5. The van der Waals surface area contributed by atoms with E-state index >= 15 is 0 Å². The highest BCUT2D eigenvalue weighted by molar-refractivity contribution is 5.48. The first-order valence-corrected chi connectivity index (χ1v) is 8.05. The summed E-state index contributed by atoms with van der Waals surface area (Å²) in [7, 11) is 1.69. The maximum atomic E-state index is 9.53. The molecule has 0 spiro atoms. The zero-order valence-corrected chi connectivity index (χ0v) is 13.3. The molecular weight excluding hydrogens is 280 g/mol. The van der Waals surface area contributed by atoms with Crippen LogP contribution in [0.4, 0.5) is 5.69 Å². The summed E-state index contributed by atoms with van der Waals surface area (Å²) < 4.78 is 10.5. The van der Waals surface area contributed by atoms with Gasteiger partial charge < -0.3 is 24.8 Å². The van der Waals surface area contributed by atoms with Gasteiger partial charge in [0.1, 0.15) is 5.75 Å². The monoisotopic (exact) mass is 306 g/mol. The number of nitrogens with one attached hydrogen (secondary N) is 1. The topological polar surface area (TPSA) is 54.0 Å². The second kappa shape index (κ2) is 6.86. The van der Waals surface area contributed by atoms with E-state index in [0.29, 0.717) is 19.3 Å². The quantitative estimate of drug-likeness (QED) is 0.836. The molecule has 1 aromatic carbocycles. The van der Waals surface area contributed by atoms with Crippen LogP contribution >= 0.6 is 0 Å². The van der Waals surface area contributed by atoms with Crippen molar-refractivity contribution < 1.29 is 14.6 Å². The number of aliphatic hydroxyl groups excluding tert-OH is 1. The SMILES string of the molecule is COc1cccc(NC2CCN(CC3(CO)COC3)CC2)c1. The molecule has 1 aromatic rings. The molecule has 2 saturated heterocycles. The van der Waals surface area contributed by atoms with Gasteiger partial charge in [0.15, 0.2) is 0 Å². The summed E-state index contributed by atoms with van der Waals surface area (Å²) in [5.74, 6) is 0.886. The van der Waals surface area contributed by atoms with Crippen molar-refractivity contribution in [2.24, 2.45) is 5.41 Å². The highest BCUT2D eigenvalue weighted by Gasteiger charge is 2.40. The minimum absolute atomic E-state index is 0.00688. The molecule has 3 rings (SSSR count). The van der Waals surface area contributed by atoms with Crippen molar-refractivity contribution in [1.82, 2.24) is 4.90 Å². The van der Waals surface area contributed by atoms with Crippen LogP contribution in [-0.4, -0.2) is 62.6 Å². The van der Waals surface area contributed by atoms with Crippen LogP contribution in [0.1, 0.15) is 12.8 Å². The lowest BCUT2D eigenvalue weighted by Crippen LogP contribution is -2.55. The predicted octanol–water partition coefficient (Wildman–Crippen LogP) is 1.58. The molecule has 0 bridgehead atoms. The first-order chi connectivity index (χ1) is 10.7. The number of benzene rings is 1. The minimum Gasteiger partial charge on any atom is -0.497 e. The van der Waals surface area contributed by atoms with E-state index in [4.69, 9.17) is 9.47 Å². The highest BCUT2D eigenvalue weighted by Crippen LogP contribution is 2.29. The molecular formula is C17H26N2O3. The Hall–Kier alpha value is -1.30. The summed E-state index contributed by atoms with van der Waals surface area (Å²) >= 11 is 0. The van der Waals surface area contributed by atoms with Gasteiger partial charge in [-0.15, -0.1) is 0 Å². The number of anilines is 1. The van der Waals surface area contributed by atoms with Gasteiger partial charge in [-0.2, -0.15) is 0 Å². The lowest BCUT2D eigenvalue weighted by Gasteiger charge is -2.45. The molecule has 0 radical (unpaired) electrons. The van der Waals surface area contributed by atoms with Crippen LogP contribution in [0, 0.1) is 5.41 Å². The van der Waals surface area contributed by atoms with Gasteiger partial charge in [0.25, 0.3) is 0 Å². The Kier molecular flexibility index (Phi) is 4.86. The summed E-state index contributed by atoms with van der Waals surface area (Å²) in [5, 5.41) is 13.1. The van der Waals surface area contributed by atoms with Crippen LogP contribution in [0.3, 0.4) is 0 Å². The fourth-order valence-corrected chi connectivity index (χ4v) is 3.28. The molecule has 2 heterocycles. The fraction of sp³-hybridized carbons (Fsp3) is 0.647. The maximum Gasteiger partial charge on any atom is 0.120 e. The number of ether oxygens (including phenoxy) is 2. The van der Waals surface area contributed by atoms with Crippen molar-refractivity contribution >= 4 is 5.69 Å². The number of rotatable bonds is 6. The van der Waals surface area contributed by atoms with Crippen molar-refractivity contribution in [2.45, 2.75) is 18.9 Å². The van der Waals surface area contributed by atoms with Crippen LogP contribution in [0.15, 0.2) is 24.3 Å². The van der Waals surface area contributed by atoms with Gasteiger partial charge >= 0.3 is 0 Å². The molecule has 122 valence electrons. The van der Waals surface area contributed by atoms with Gasteiger partial charge in [-0.3, -0.25) is 0 Å². The van der Waals surface area contributed by atoms with E-state index in [0.717, 1.165) is 43.9 Å². The van der Waals surface area contributed by atoms with Gasteiger partial charge in [-0.1, -0.05) is 6.07 Å². The standard InChI is InChI=1S/C17H26N2O3/c1-21-16-4-2-3-15(9-16)18-14-5-7-19(8-6-14)10-17(11-20)12-22-13-17/h2-4,9,14,18,20H,5-8,10-13H2,1H3. The second-order valence-corrected chi connectivity index (χ2v) is 6.58. The number of aliphatic hydroxyl groups is 1. The van der Waals surface area contributed by atoms with Gasteiger partial charge in [0.2, 0.25) is 0 Å². The molecule has 0 aliphatic carbocycles. The van der Waals surface area contributed by atoms with E-state index in [2.05, 4.69) is 16.3 Å². The number of nitrogens with zero attached hydrogens (tertiary/aromatic N) is 1. The summed E-state index contributed by atoms with van der Waals surface area (Å²) in [6.07, 6.45) is 2.25. The molecule has 0 unspecified atom stereocenters. The van der Waals surface area contributed by atoms with Gasteiger partial charge in [-0.25, -0.2) is 0 Å². The molecule has 2 N–H and O–H groups in total. The van der Waals surface area contributed by atoms with E-state index in [1.165, 1.54) is 0 Å². The smallest absolute Gasteiger partial charge is 0.120 e. The number of piperidine rings is 1. The number of hydrogen-bond donors (Lipinski definition) is 2. The van der Waals surface area contributed by atoms with E-state index < -0.39 is 0 Å². The molecule has 5 heteroatoms. The van der Waals surface area contributed by atoms with Gasteiger partial charge in [-0.05, 0) is 25.0 Å². The molecule has 2 aliphatic heterocycles. The Labute approximate surface area is 132 Å². The van der Waals surface area contributed by atoms with Crippen LogP contribution in [0.25, 0.3) is 0 Å². The molecule has 0 aromatic heterocycles. The van der Waals surface area contributed by atoms with E-state index in [1.54, 1.807) is 7.11 Å². The van der Waals surface area contributed by atoms with E-state index in [-0.39, 0.29) is 12.0 Å². The van der Waals surface area contributed by atoms with Crippen LogP contribution in [0.2, 0.25) is 0 Å². The minimum atomic E-state index is -0.00688. The Morgan fingerprint density at radius 1 is 1.36 bits per heavy atom. The fourth-order valence-electron chi connectivity index (χ4n) is 3.28. The van der Waals surface area contributed by atoms with Gasteiger partial charge in [0, 0.05) is 37.4 Å². The van der Waals surface area contributed by atoms with Crippen LogP contribution in [-0.2, 0) is 4.74 Å². The maximum absolute atomic E-state index is 9.53. The third-order valence-corrected chi connectivity index (χ3v) is 4.74. The zero-order valence-electron chi connectivity index (χ0n) is 13.3. The van der Waals surface area contributed by atoms with Crippen molar-refractivity contribution in [3.63, 3.8) is 0 Å². The van der Waals surface area contributed by atoms with Crippen molar-refractivity contribution in [2.75, 3.05) is 51.9 Å². The third-order valence-electron chi connectivity index (χ3n) is 4.74. The van der Waals surface area contributed by atoms with Crippen molar-refractivity contribution in [1.29, 1.82) is 0 Å². The largest absolute Gasteiger partial charge is 0.497 e. The van der Waals surface area contributed by atoms with Crippen LogP contribution in [0.5, 0.6) is 5.75 Å². The van der Waals surface area contributed by atoms with E-state index in [1.807, 2.05) is 18.2 Å². The number of methoxy groups -OCH3 is 1. The average molecular weight is 306 g/mol. The first-order valence-electron chi connectivity index (χ1n) is 8.05. The highest BCUT2D eigenvalue weighted by atomic mass is 16.5. The Balaban J connectivity index is 1.47. The Bertz CT molecular complexity index is 477. The number of likely N-dealkylation sites (tertiary alicyclic amines) is 1. The molecule has 0 saturated carbocycles. The Morgan fingerprint density at radius 3 is 2.73 bits per heavy atom. The summed E-state index contributed by atoms with van der Waals surface area (Å²) in [4.78, 5) is 2.46. The first kappa shape index (κ1) is 15.6. The molecule has 2 aliphatic rings. The molecule has 5 nitrogen and oxygen atoms in total. The zero-order chi connectivity index (χ0) is 15.4. The van der Waals surface area contributed by atoms with Gasteiger partial charge in [0.05, 0.1) is 32.3 Å².